The molecule has 0 fully saturated rings. The molecule has 3 N–H and O–H groups in total. The van der Waals surface area contributed by atoms with E-state index < -0.39 is 17.1 Å². The first-order chi connectivity index (χ1) is 12.9. The standard InChI is InChI=1S/C16H13N7O3S/c1-7-3-4-9(14-22-23-8(2)20-21-16(23)27-14)5-11(7)17-6-10-12(24)18-15(26)19-13(10)25/h3-6H,1-2H3,(H3,18,19,24,25,26). The molecule has 0 bridgehead atoms. The van der Waals surface area contributed by atoms with E-state index in [1.807, 2.05) is 37.0 Å². The van der Waals surface area contributed by atoms with Gasteiger partial charge in [-0.3, -0.25) is 19.8 Å². The Morgan fingerprint density at radius 3 is 2.78 bits per heavy atom. The van der Waals surface area contributed by atoms with Crippen molar-refractivity contribution in [3.63, 3.8) is 0 Å². The molecule has 0 aliphatic rings. The van der Waals surface area contributed by atoms with Gasteiger partial charge in [0.15, 0.2) is 5.82 Å². The van der Waals surface area contributed by atoms with E-state index in [-0.39, 0.29) is 5.56 Å². The monoisotopic (exact) mass is 383 g/mol. The third kappa shape index (κ3) is 3.04. The Bertz CT molecular complexity index is 1310. The van der Waals surface area contributed by atoms with E-state index in [1.165, 1.54) is 17.6 Å². The largest absolute Gasteiger partial charge is 0.494 e. The van der Waals surface area contributed by atoms with Gasteiger partial charge < -0.3 is 5.11 Å². The number of H-pyrrole nitrogens is 2. The van der Waals surface area contributed by atoms with Gasteiger partial charge in [0.25, 0.3) is 5.56 Å². The molecule has 10 nitrogen and oxygen atoms in total. The number of hydrogen-bond donors (Lipinski definition) is 3. The SMILES string of the molecule is Cc1ccc(-c2nn3c(C)nnc3s2)cc1N=Cc1c(O)[nH]c(=O)[nH]c1=O. The molecule has 0 unspecified atom stereocenters. The fraction of sp³-hybridized carbons (Fsp3) is 0.125. The van der Waals surface area contributed by atoms with Gasteiger partial charge in [0, 0.05) is 11.8 Å². The van der Waals surface area contributed by atoms with Crippen LogP contribution in [0.5, 0.6) is 5.88 Å². The molecule has 1 aromatic carbocycles. The summed E-state index contributed by atoms with van der Waals surface area (Å²) in [5, 5.41) is 23.0. The van der Waals surface area contributed by atoms with Gasteiger partial charge in [-0.25, -0.2) is 4.79 Å². The molecule has 0 saturated heterocycles. The molecular formula is C16H13N7O3S. The molecule has 0 saturated carbocycles. The summed E-state index contributed by atoms with van der Waals surface area (Å²) in [6.07, 6.45) is 1.21. The zero-order chi connectivity index (χ0) is 19.1. The number of aryl methyl sites for hydroxylation is 2. The second-order valence-corrected chi connectivity index (χ2v) is 6.73. The minimum atomic E-state index is -0.786. The van der Waals surface area contributed by atoms with E-state index in [9.17, 15) is 14.7 Å². The molecule has 0 atom stereocenters. The molecule has 0 amide bonds. The number of nitrogens with zero attached hydrogens (tertiary/aromatic N) is 5. The van der Waals surface area contributed by atoms with Crippen molar-refractivity contribution in [2.24, 2.45) is 4.99 Å². The Kier molecular flexibility index (Phi) is 3.92. The fourth-order valence-electron chi connectivity index (χ4n) is 2.45. The summed E-state index contributed by atoms with van der Waals surface area (Å²) in [6, 6.07) is 5.62. The number of aromatic nitrogens is 6. The van der Waals surface area contributed by atoms with Gasteiger partial charge in [0.1, 0.15) is 10.6 Å². The highest BCUT2D eigenvalue weighted by Crippen LogP contribution is 2.30. The summed E-state index contributed by atoms with van der Waals surface area (Å²) in [4.78, 5) is 32.1. The summed E-state index contributed by atoms with van der Waals surface area (Å²) in [6.45, 7) is 3.69. The highest BCUT2D eigenvalue weighted by atomic mass is 32.1. The van der Waals surface area contributed by atoms with E-state index in [4.69, 9.17) is 0 Å². The van der Waals surface area contributed by atoms with Crippen molar-refractivity contribution >= 4 is 28.2 Å². The Morgan fingerprint density at radius 1 is 1.22 bits per heavy atom. The lowest BCUT2D eigenvalue weighted by atomic mass is 10.1. The van der Waals surface area contributed by atoms with Crippen LogP contribution < -0.4 is 11.2 Å². The van der Waals surface area contributed by atoms with Gasteiger partial charge in [-0.15, -0.1) is 10.2 Å². The van der Waals surface area contributed by atoms with Gasteiger partial charge >= 0.3 is 5.69 Å². The zero-order valence-corrected chi connectivity index (χ0v) is 15.0. The Morgan fingerprint density at radius 2 is 2.04 bits per heavy atom. The zero-order valence-electron chi connectivity index (χ0n) is 14.2. The Hall–Kier alpha value is -3.60. The second kappa shape index (κ2) is 6.29. The van der Waals surface area contributed by atoms with Crippen LogP contribution >= 0.6 is 11.3 Å². The van der Waals surface area contributed by atoms with Crippen LogP contribution in [0.4, 0.5) is 5.69 Å². The second-order valence-electron chi connectivity index (χ2n) is 5.78. The van der Waals surface area contributed by atoms with Crippen molar-refractivity contribution in [3.05, 3.63) is 56.0 Å². The van der Waals surface area contributed by atoms with Crippen molar-refractivity contribution in [2.45, 2.75) is 13.8 Å². The minimum absolute atomic E-state index is 0.131. The molecule has 0 aliphatic heterocycles. The molecule has 0 radical (unpaired) electrons. The number of aliphatic imine (C=N–C) groups is 1. The minimum Gasteiger partial charge on any atom is -0.494 e. The molecule has 11 heteroatoms. The summed E-state index contributed by atoms with van der Waals surface area (Å²) < 4.78 is 1.67. The molecule has 27 heavy (non-hydrogen) atoms. The number of aromatic hydroxyl groups is 1. The lowest BCUT2D eigenvalue weighted by Crippen LogP contribution is -2.24. The van der Waals surface area contributed by atoms with Crippen LogP contribution in [0.3, 0.4) is 0 Å². The van der Waals surface area contributed by atoms with Gasteiger partial charge in [0.05, 0.1) is 5.69 Å². The maximum atomic E-state index is 11.8. The molecule has 4 aromatic rings. The molecule has 4 rings (SSSR count). The van der Waals surface area contributed by atoms with Crippen molar-refractivity contribution < 1.29 is 5.11 Å². The van der Waals surface area contributed by atoms with Gasteiger partial charge in [-0.05, 0) is 25.5 Å². The Labute approximate surface area is 154 Å². The van der Waals surface area contributed by atoms with Crippen LogP contribution in [0.1, 0.15) is 17.0 Å². The highest BCUT2D eigenvalue weighted by Gasteiger charge is 2.12. The van der Waals surface area contributed by atoms with Gasteiger partial charge in [0.2, 0.25) is 10.8 Å². The molecule has 136 valence electrons. The number of benzene rings is 1. The number of aromatic amines is 2. The smallest absolute Gasteiger partial charge is 0.328 e. The summed E-state index contributed by atoms with van der Waals surface area (Å²) in [5.74, 6) is 0.163. The maximum Gasteiger partial charge on any atom is 0.328 e. The quantitative estimate of drug-likeness (QED) is 0.455. The molecule has 3 heterocycles. The summed E-state index contributed by atoms with van der Waals surface area (Å²) in [7, 11) is 0. The van der Waals surface area contributed by atoms with E-state index in [0.29, 0.717) is 16.5 Å². The predicted octanol–water partition coefficient (Wildman–Crippen LogP) is 1.30. The highest BCUT2D eigenvalue weighted by molar-refractivity contribution is 7.19. The van der Waals surface area contributed by atoms with Crippen molar-refractivity contribution in [2.75, 3.05) is 0 Å². The van der Waals surface area contributed by atoms with Gasteiger partial charge in [-0.2, -0.15) is 9.61 Å². The van der Waals surface area contributed by atoms with Crippen LogP contribution in [-0.4, -0.2) is 41.1 Å². The lowest BCUT2D eigenvalue weighted by Gasteiger charge is -2.03. The maximum absolute atomic E-state index is 11.8. The van der Waals surface area contributed by atoms with Crippen LogP contribution in [0.2, 0.25) is 0 Å². The van der Waals surface area contributed by atoms with Crippen LogP contribution in [-0.2, 0) is 0 Å². The number of fused-ring (bicyclic) bond motifs is 1. The third-order valence-electron chi connectivity index (χ3n) is 3.89. The van der Waals surface area contributed by atoms with Crippen molar-refractivity contribution in [1.82, 2.24) is 29.8 Å². The number of nitrogens with one attached hydrogen (secondary N) is 2. The molecular weight excluding hydrogens is 370 g/mol. The molecule has 3 aromatic heterocycles. The van der Waals surface area contributed by atoms with E-state index in [2.05, 4.69) is 25.3 Å². The lowest BCUT2D eigenvalue weighted by molar-refractivity contribution is 0.447. The first kappa shape index (κ1) is 16.8. The average Bonchev–Trinajstić information content (AvgIpc) is 3.18. The van der Waals surface area contributed by atoms with Crippen molar-refractivity contribution in [1.29, 1.82) is 0 Å². The average molecular weight is 383 g/mol. The first-order valence-electron chi connectivity index (χ1n) is 7.82. The molecule has 0 spiro atoms. The predicted molar refractivity (Wildman–Crippen MR) is 100 cm³/mol. The summed E-state index contributed by atoms with van der Waals surface area (Å²) in [5.41, 5.74) is 0.662. The summed E-state index contributed by atoms with van der Waals surface area (Å²) >= 11 is 1.40. The normalized spacial score (nSPS) is 11.6. The fourth-order valence-corrected chi connectivity index (χ4v) is 3.33. The number of hydrogen-bond acceptors (Lipinski definition) is 8. The molecule has 0 aliphatic carbocycles. The van der Waals surface area contributed by atoms with Crippen LogP contribution in [0, 0.1) is 13.8 Å². The van der Waals surface area contributed by atoms with Crippen molar-refractivity contribution in [3.8, 4) is 16.5 Å². The topological polar surface area (TPSA) is 141 Å². The number of rotatable bonds is 3. The van der Waals surface area contributed by atoms with Crippen LogP contribution in [0.15, 0.2) is 32.8 Å². The van der Waals surface area contributed by atoms with E-state index >= 15 is 0 Å². The van der Waals surface area contributed by atoms with E-state index in [1.54, 1.807) is 4.52 Å². The Balaban J connectivity index is 1.75. The third-order valence-corrected chi connectivity index (χ3v) is 4.84. The van der Waals surface area contributed by atoms with Gasteiger partial charge in [-0.1, -0.05) is 23.5 Å². The van der Waals surface area contributed by atoms with E-state index in [0.717, 1.165) is 16.1 Å². The van der Waals surface area contributed by atoms with Crippen LogP contribution in [0.25, 0.3) is 15.5 Å². The first-order valence-corrected chi connectivity index (χ1v) is 8.63.